The van der Waals surface area contributed by atoms with Crippen molar-refractivity contribution in [1.29, 1.82) is 0 Å². The van der Waals surface area contributed by atoms with Crippen LogP contribution in [-0.2, 0) is 10.1 Å². The second-order valence-corrected chi connectivity index (χ2v) is 9.59. The van der Waals surface area contributed by atoms with Gasteiger partial charge in [-0.2, -0.15) is 13.2 Å². The second kappa shape index (κ2) is 6.69. The first-order chi connectivity index (χ1) is 10.5. The van der Waals surface area contributed by atoms with Gasteiger partial charge in [0.2, 0.25) is 7.14 Å². The van der Waals surface area contributed by atoms with Gasteiger partial charge in [0.05, 0.1) is 4.47 Å². The van der Waals surface area contributed by atoms with E-state index in [4.69, 9.17) is 13.0 Å². The minimum absolute atomic E-state index is 0.0214. The van der Waals surface area contributed by atoms with Crippen LogP contribution >= 0.6 is 15.9 Å². The number of halogens is 5. The van der Waals surface area contributed by atoms with Gasteiger partial charge in [0.15, 0.2) is 10.1 Å². The van der Waals surface area contributed by atoms with Gasteiger partial charge in [-0.25, -0.2) is 8.42 Å². The maximum Gasteiger partial charge on any atom is 0.485 e. The van der Waals surface area contributed by atoms with Crippen LogP contribution in [0, 0.1) is 14.1 Å². The lowest BCUT2D eigenvalue weighted by molar-refractivity contribution is -0.590. The summed E-state index contributed by atoms with van der Waals surface area (Å²) in [7, 11) is -6.09. The van der Waals surface area contributed by atoms with Gasteiger partial charge >= 0.3 is 26.7 Å². The van der Waals surface area contributed by atoms with Crippen LogP contribution < -0.4 is 21.2 Å². The lowest BCUT2D eigenvalue weighted by Crippen LogP contribution is -3.61. The third-order valence-electron chi connectivity index (χ3n) is 2.82. The zero-order valence-corrected chi connectivity index (χ0v) is 16.0. The Labute approximate surface area is 150 Å². The molecule has 23 heavy (non-hydrogen) atoms. The summed E-state index contributed by atoms with van der Waals surface area (Å²) in [5.41, 5.74) is -1.41. The largest absolute Gasteiger partial charge is 0.741 e. The fourth-order valence-corrected chi connectivity index (χ4v) is 5.84. The molecule has 0 aliphatic carbocycles. The Morgan fingerprint density at radius 2 is 1.70 bits per heavy atom. The number of aryl methyl sites for hydroxylation is 1. The van der Waals surface area contributed by atoms with Crippen molar-refractivity contribution in [2.45, 2.75) is 12.4 Å². The minimum Gasteiger partial charge on any atom is -0.741 e. The highest BCUT2D eigenvalue weighted by Gasteiger charge is 2.37. The summed E-state index contributed by atoms with van der Waals surface area (Å²) in [6, 6.07) is 13.3. The summed E-state index contributed by atoms with van der Waals surface area (Å²) < 4.78 is 63.3. The van der Waals surface area contributed by atoms with Crippen LogP contribution in [-0.4, -0.2) is 18.5 Å². The molecular weight excluding hydrogens is 512 g/mol. The topological polar surface area (TPSA) is 57.2 Å². The maximum absolute atomic E-state index is 10.7. The Hall–Kier alpha value is -0.650. The predicted octanol–water partition coefficient (Wildman–Crippen LogP) is 0.918. The zero-order chi connectivity index (χ0) is 17.4. The van der Waals surface area contributed by atoms with Gasteiger partial charge in [0.1, 0.15) is 0 Å². The van der Waals surface area contributed by atoms with Gasteiger partial charge in [0.25, 0.3) is 0 Å². The molecule has 0 N–H and O–H groups in total. The lowest BCUT2D eigenvalue weighted by Gasteiger charge is -2.08. The number of alkyl halides is 3. The van der Waals surface area contributed by atoms with E-state index in [0.29, 0.717) is 0 Å². The van der Waals surface area contributed by atoms with Crippen LogP contribution in [0.15, 0.2) is 40.9 Å². The van der Waals surface area contributed by atoms with Gasteiger partial charge < -0.3 is 4.55 Å². The third-order valence-corrected chi connectivity index (χ3v) is 7.97. The summed E-state index contributed by atoms with van der Waals surface area (Å²) >= 11 is 3.71. The molecule has 0 fully saturated rings. The molecule has 0 bridgehead atoms. The van der Waals surface area contributed by atoms with E-state index in [1.165, 1.54) is 21.2 Å². The SMILES string of the molecule is Cc1cc(Br)c2c(c1)-c1ccccc1[I+]2.O=S(=O)([O-])C(F)(F)F. The Bertz CT molecular complexity index is 851. The number of benzene rings is 2. The van der Waals surface area contributed by atoms with Gasteiger partial charge in [-0.1, -0.05) is 12.1 Å². The van der Waals surface area contributed by atoms with E-state index in [0.717, 1.165) is 0 Å². The zero-order valence-electron chi connectivity index (χ0n) is 11.5. The van der Waals surface area contributed by atoms with Gasteiger partial charge in [-0.15, -0.1) is 0 Å². The molecule has 9 heteroatoms. The molecule has 0 radical (unpaired) electrons. The second-order valence-electron chi connectivity index (χ2n) is 4.58. The molecule has 124 valence electrons. The van der Waals surface area contributed by atoms with Crippen molar-refractivity contribution in [3.63, 3.8) is 0 Å². The van der Waals surface area contributed by atoms with E-state index in [9.17, 15) is 13.2 Å². The molecule has 1 heterocycles. The van der Waals surface area contributed by atoms with E-state index in [1.54, 1.807) is 7.14 Å². The first-order valence-corrected chi connectivity index (χ1v) is 10.4. The quantitative estimate of drug-likeness (QED) is 0.252. The smallest absolute Gasteiger partial charge is 0.485 e. The van der Waals surface area contributed by atoms with Crippen LogP contribution in [0.5, 0.6) is 0 Å². The molecular formula is C14H9BrF3IO3S. The van der Waals surface area contributed by atoms with Crippen molar-refractivity contribution in [3.05, 3.63) is 53.6 Å². The number of hydrogen-bond acceptors (Lipinski definition) is 3. The van der Waals surface area contributed by atoms with E-state index in [2.05, 4.69) is 59.3 Å². The maximum atomic E-state index is 10.7. The Morgan fingerprint density at radius 3 is 2.26 bits per heavy atom. The molecule has 2 aromatic carbocycles. The van der Waals surface area contributed by atoms with E-state index in [-0.39, 0.29) is 21.2 Å². The summed E-state index contributed by atoms with van der Waals surface area (Å²) in [5.74, 6) is 0. The third kappa shape index (κ3) is 4.25. The monoisotopic (exact) mass is 520 g/mol. The number of hydrogen-bond donors (Lipinski definition) is 0. The average Bonchev–Trinajstić information content (AvgIpc) is 2.76. The predicted molar refractivity (Wildman–Crippen MR) is 77.5 cm³/mol. The fourth-order valence-electron chi connectivity index (χ4n) is 1.88. The van der Waals surface area contributed by atoms with Crippen molar-refractivity contribution < 1.29 is 47.3 Å². The highest BCUT2D eigenvalue weighted by atomic mass is 127. The van der Waals surface area contributed by atoms with Crippen LogP contribution in [0.4, 0.5) is 13.2 Å². The average molecular weight is 521 g/mol. The van der Waals surface area contributed by atoms with Crippen LogP contribution in [0.25, 0.3) is 11.1 Å². The summed E-state index contributed by atoms with van der Waals surface area (Å²) in [4.78, 5) is 0. The van der Waals surface area contributed by atoms with E-state index >= 15 is 0 Å². The number of rotatable bonds is 0. The Kier molecular flexibility index (Phi) is 5.44. The summed E-state index contributed by atoms with van der Waals surface area (Å²) in [6.45, 7) is 2.16. The van der Waals surface area contributed by atoms with Crippen molar-refractivity contribution in [2.24, 2.45) is 0 Å². The molecule has 3 rings (SSSR count). The van der Waals surface area contributed by atoms with Crippen LogP contribution in [0.2, 0.25) is 0 Å². The molecule has 0 aromatic heterocycles. The molecule has 3 nitrogen and oxygen atoms in total. The van der Waals surface area contributed by atoms with Gasteiger partial charge in [-0.3, -0.25) is 0 Å². The van der Waals surface area contributed by atoms with E-state index in [1.807, 2.05) is 0 Å². The molecule has 1 aliphatic heterocycles. The fraction of sp³-hybridized carbons (Fsp3) is 0.143. The molecule has 0 amide bonds. The molecule has 0 spiro atoms. The van der Waals surface area contributed by atoms with Crippen molar-refractivity contribution in [2.75, 3.05) is 0 Å². The minimum atomic E-state index is -6.09. The van der Waals surface area contributed by atoms with Crippen LogP contribution in [0.1, 0.15) is 5.56 Å². The Balaban J connectivity index is 0.000000207. The molecule has 0 saturated carbocycles. The molecule has 0 unspecified atom stereocenters. The summed E-state index contributed by atoms with van der Waals surface area (Å²) in [5, 5.41) is 0. The normalized spacial score (nSPS) is 13.0. The molecule has 1 aliphatic rings. The highest BCUT2D eigenvalue weighted by Crippen LogP contribution is 2.27. The standard InChI is InChI=1S/C13H9BrI.CHF3O3S/c1-8-6-10-9-4-2-3-5-12(9)15-13(10)11(14)7-8;2-1(3,4)8(5,6)7/h2-7H,1H3;(H,5,6,7)/q+1;/p-1. The van der Waals surface area contributed by atoms with Crippen molar-refractivity contribution in [1.82, 2.24) is 0 Å². The van der Waals surface area contributed by atoms with Crippen molar-refractivity contribution in [3.8, 4) is 11.1 Å². The van der Waals surface area contributed by atoms with E-state index < -0.39 is 15.6 Å². The first-order valence-electron chi connectivity index (χ1n) is 6.07. The molecule has 0 atom stereocenters. The molecule has 2 aromatic rings. The lowest BCUT2D eigenvalue weighted by atomic mass is 10.0. The van der Waals surface area contributed by atoms with Crippen LogP contribution in [0.3, 0.4) is 0 Å². The highest BCUT2D eigenvalue weighted by molar-refractivity contribution is 9.10. The van der Waals surface area contributed by atoms with Crippen molar-refractivity contribution >= 4 is 26.0 Å². The van der Waals surface area contributed by atoms with Gasteiger partial charge in [-0.05, 0) is 52.7 Å². The molecule has 0 saturated heterocycles. The van der Waals surface area contributed by atoms with Gasteiger partial charge in [0, 0.05) is 11.1 Å². The Morgan fingerprint density at radius 1 is 1.13 bits per heavy atom. The summed E-state index contributed by atoms with van der Waals surface area (Å²) in [6.07, 6.45) is 0. The first kappa shape index (κ1) is 18.7. The number of fused-ring (bicyclic) bond motifs is 3.